The summed E-state index contributed by atoms with van der Waals surface area (Å²) in [6.45, 7) is 3.54. The lowest BCUT2D eigenvalue weighted by atomic mass is 10.0. The van der Waals surface area contributed by atoms with Crippen LogP contribution in [-0.2, 0) is 9.59 Å². The molecule has 0 aromatic carbocycles. The Labute approximate surface area is 107 Å². The topological polar surface area (TPSA) is 178 Å². The SMILES string of the molecule is C=CC1=C(C(=O)O)N2C(=O)C(N)C2SC1.O.O.O. The highest BCUT2D eigenvalue weighted by atomic mass is 32.2. The van der Waals surface area contributed by atoms with Crippen molar-refractivity contribution in [3.05, 3.63) is 23.9 Å². The second-order valence-corrected chi connectivity index (χ2v) is 4.42. The van der Waals surface area contributed by atoms with Crippen molar-refractivity contribution in [3.63, 3.8) is 0 Å². The van der Waals surface area contributed by atoms with Crippen LogP contribution < -0.4 is 5.73 Å². The molecule has 2 heterocycles. The van der Waals surface area contributed by atoms with Gasteiger partial charge in [-0.15, -0.1) is 11.8 Å². The largest absolute Gasteiger partial charge is 0.477 e. The number of fused-ring (bicyclic) bond motifs is 1. The Morgan fingerprint density at radius 2 is 2.06 bits per heavy atom. The zero-order chi connectivity index (χ0) is 11.2. The molecule has 1 amide bonds. The highest BCUT2D eigenvalue weighted by molar-refractivity contribution is 8.00. The Bertz CT molecular complexity index is 397. The smallest absolute Gasteiger partial charge is 0.352 e. The molecule has 8 nitrogen and oxygen atoms in total. The molecule has 0 aromatic rings. The molecule has 1 saturated heterocycles. The van der Waals surface area contributed by atoms with Gasteiger partial charge in [0.2, 0.25) is 5.91 Å². The van der Waals surface area contributed by atoms with Gasteiger partial charge in [-0.1, -0.05) is 12.7 Å². The van der Waals surface area contributed by atoms with Gasteiger partial charge in [0.25, 0.3) is 0 Å². The van der Waals surface area contributed by atoms with Crippen molar-refractivity contribution in [1.29, 1.82) is 0 Å². The lowest BCUT2D eigenvalue weighted by Crippen LogP contribution is -2.68. The number of carbonyl (C=O) groups is 2. The summed E-state index contributed by atoms with van der Waals surface area (Å²) in [6, 6.07) is -0.573. The molecular weight excluding hydrogens is 264 g/mol. The predicted molar refractivity (Wildman–Crippen MR) is 66.8 cm³/mol. The van der Waals surface area contributed by atoms with Gasteiger partial charge in [-0.2, -0.15) is 0 Å². The summed E-state index contributed by atoms with van der Waals surface area (Å²) in [7, 11) is 0. The van der Waals surface area contributed by atoms with Crippen LogP contribution in [0.25, 0.3) is 0 Å². The number of hydrogen-bond acceptors (Lipinski definition) is 4. The van der Waals surface area contributed by atoms with Crippen molar-refractivity contribution in [2.24, 2.45) is 5.73 Å². The van der Waals surface area contributed by atoms with E-state index in [1.807, 2.05) is 0 Å². The van der Waals surface area contributed by atoms with Gasteiger partial charge in [0, 0.05) is 5.75 Å². The van der Waals surface area contributed by atoms with E-state index in [0.29, 0.717) is 11.3 Å². The fraction of sp³-hybridized carbons (Fsp3) is 0.333. The van der Waals surface area contributed by atoms with Gasteiger partial charge in [0.15, 0.2) is 0 Å². The minimum atomic E-state index is -1.10. The molecule has 0 bridgehead atoms. The molecule has 0 aromatic heterocycles. The van der Waals surface area contributed by atoms with Gasteiger partial charge >= 0.3 is 5.97 Å². The minimum absolute atomic E-state index is 0. The van der Waals surface area contributed by atoms with Crippen molar-refractivity contribution in [2.75, 3.05) is 5.75 Å². The van der Waals surface area contributed by atoms with E-state index in [9.17, 15) is 9.59 Å². The zero-order valence-electron chi connectivity index (χ0n) is 9.34. The van der Waals surface area contributed by atoms with Crippen molar-refractivity contribution < 1.29 is 31.1 Å². The molecule has 2 rings (SSSR count). The Hall–Kier alpha value is -1.39. The van der Waals surface area contributed by atoms with Crippen LogP contribution in [0, 0.1) is 0 Å². The van der Waals surface area contributed by atoms with Gasteiger partial charge in [-0.05, 0) is 5.57 Å². The molecule has 9 heteroatoms. The van der Waals surface area contributed by atoms with E-state index in [1.165, 1.54) is 22.7 Å². The second-order valence-electron chi connectivity index (χ2n) is 3.32. The molecule has 2 atom stereocenters. The maximum absolute atomic E-state index is 11.4. The van der Waals surface area contributed by atoms with E-state index in [2.05, 4.69) is 6.58 Å². The van der Waals surface area contributed by atoms with Crippen LogP contribution in [0.2, 0.25) is 0 Å². The Balaban J connectivity index is 0. The molecule has 2 aliphatic heterocycles. The van der Waals surface area contributed by atoms with Gasteiger partial charge in [-0.3, -0.25) is 9.69 Å². The highest BCUT2D eigenvalue weighted by Gasteiger charge is 2.51. The fourth-order valence-corrected chi connectivity index (χ4v) is 2.98. The zero-order valence-corrected chi connectivity index (χ0v) is 10.2. The summed E-state index contributed by atoms with van der Waals surface area (Å²) >= 11 is 1.47. The number of nitrogens with zero attached hydrogens (tertiary/aromatic N) is 1. The molecule has 9 N–H and O–H groups in total. The number of carbonyl (C=O) groups excluding carboxylic acids is 1. The van der Waals surface area contributed by atoms with Gasteiger partial charge in [0.05, 0.1) is 0 Å². The molecular formula is C9H16N2O6S. The van der Waals surface area contributed by atoms with Crippen molar-refractivity contribution in [2.45, 2.75) is 11.4 Å². The van der Waals surface area contributed by atoms with Crippen LogP contribution in [0.5, 0.6) is 0 Å². The monoisotopic (exact) mass is 280 g/mol. The van der Waals surface area contributed by atoms with Crippen LogP contribution in [0.15, 0.2) is 23.9 Å². The number of nitrogens with two attached hydrogens (primary N) is 1. The average molecular weight is 280 g/mol. The van der Waals surface area contributed by atoms with Crippen LogP contribution >= 0.6 is 11.8 Å². The van der Waals surface area contributed by atoms with Gasteiger partial charge in [0.1, 0.15) is 17.1 Å². The van der Waals surface area contributed by atoms with E-state index >= 15 is 0 Å². The third kappa shape index (κ3) is 2.40. The maximum atomic E-state index is 11.4. The Kier molecular flexibility index (Phi) is 6.87. The van der Waals surface area contributed by atoms with Crippen molar-refractivity contribution in [1.82, 2.24) is 4.90 Å². The summed E-state index contributed by atoms with van der Waals surface area (Å²) in [5.41, 5.74) is 6.17. The number of amides is 1. The number of hydrogen-bond donors (Lipinski definition) is 2. The van der Waals surface area contributed by atoms with E-state index < -0.39 is 12.0 Å². The van der Waals surface area contributed by atoms with Crippen LogP contribution in [0.3, 0.4) is 0 Å². The van der Waals surface area contributed by atoms with Crippen LogP contribution in [0.1, 0.15) is 0 Å². The third-order valence-corrected chi connectivity index (χ3v) is 3.81. The number of carboxylic acid groups (broad SMARTS) is 1. The fourth-order valence-electron chi connectivity index (χ4n) is 1.70. The summed E-state index contributed by atoms with van der Waals surface area (Å²) in [6.07, 6.45) is 1.48. The molecule has 2 aliphatic rings. The minimum Gasteiger partial charge on any atom is -0.477 e. The predicted octanol–water partition coefficient (Wildman–Crippen LogP) is -2.72. The maximum Gasteiger partial charge on any atom is 0.352 e. The van der Waals surface area contributed by atoms with Crippen molar-refractivity contribution in [3.8, 4) is 0 Å². The first-order chi connectivity index (χ1) is 7.07. The lowest BCUT2D eigenvalue weighted by molar-refractivity contribution is -0.147. The summed E-state index contributed by atoms with van der Waals surface area (Å²) in [5, 5.41) is 8.79. The normalized spacial score (nSPS) is 24.7. The Morgan fingerprint density at radius 3 is 2.50 bits per heavy atom. The highest BCUT2D eigenvalue weighted by Crippen LogP contribution is 2.39. The van der Waals surface area contributed by atoms with Crippen molar-refractivity contribution >= 4 is 23.6 Å². The number of allylic oxidation sites excluding steroid dienone is 1. The average Bonchev–Trinajstić information content (AvgIpc) is 2.25. The van der Waals surface area contributed by atoms with Crippen LogP contribution in [0.4, 0.5) is 0 Å². The second kappa shape index (κ2) is 6.52. The first-order valence-electron chi connectivity index (χ1n) is 4.37. The van der Waals surface area contributed by atoms with Crippen LogP contribution in [-0.4, -0.2) is 55.5 Å². The first kappa shape index (κ1) is 19.0. The quantitative estimate of drug-likeness (QED) is 0.520. The van der Waals surface area contributed by atoms with E-state index in [0.717, 1.165) is 0 Å². The first-order valence-corrected chi connectivity index (χ1v) is 5.42. The number of rotatable bonds is 2. The van der Waals surface area contributed by atoms with E-state index in [-0.39, 0.29) is 33.4 Å². The lowest BCUT2D eigenvalue weighted by Gasteiger charge is -2.47. The summed E-state index contributed by atoms with van der Waals surface area (Å²) < 4.78 is 0. The van der Waals surface area contributed by atoms with E-state index in [4.69, 9.17) is 10.8 Å². The third-order valence-electron chi connectivity index (χ3n) is 2.49. The molecule has 1 fully saturated rings. The number of carboxylic acids is 1. The molecule has 0 saturated carbocycles. The summed E-state index contributed by atoms with van der Waals surface area (Å²) in [4.78, 5) is 23.7. The molecule has 18 heavy (non-hydrogen) atoms. The molecule has 0 radical (unpaired) electrons. The molecule has 0 spiro atoms. The van der Waals surface area contributed by atoms with Gasteiger partial charge in [-0.25, -0.2) is 4.79 Å². The standard InChI is InChI=1S/C9H10N2O3S.3H2O/c1-2-4-3-15-8-5(10)7(12)11(8)6(4)9(13)14;;;/h2,5,8H,1,3,10H2,(H,13,14);3*1H2. The van der Waals surface area contributed by atoms with Gasteiger partial charge < -0.3 is 27.3 Å². The number of aliphatic carboxylic acids is 1. The molecule has 104 valence electrons. The number of thioether (sulfide) groups is 1. The Morgan fingerprint density at radius 1 is 1.50 bits per heavy atom. The van der Waals surface area contributed by atoms with E-state index in [1.54, 1.807) is 0 Å². The molecule has 2 unspecified atom stereocenters. The summed E-state index contributed by atoms with van der Waals surface area (Å²) in [5.74, 6) is -0.896. The molecule has 0 aliphatic carbocycles. The number of β-lactam (4-membered cyclic amide) rings is 1.